The van der Waals surface area contributed by atoms with Crippen LogP contribution in [-0.2, 0) is 6.18 Å². The summed E-state index contributed by atoms with van der Waals surface area (Å²) >= 11 is 8.84. The van der Waals surface area contributed by atoms with Crippen molar-refractivity contribution in [3.8, 4) is 5.82 Å². The van der Waals surface area contributed by atoms with Crippen molar-refractivity contribution in [2.24, 2.45) is 0 Å². The molecule has 0 atom stereocenters. The van der Waals surface area contributed by atoms with Gasteiger partial charge in [0, 0.05) is 16.7 Å². The summed E-state index contributed by atoms with van der Waals surface area (Å²) in [7, 11) is 0. The minimum atomic E-state index is -4.52. The third-order valence-electron chi connectivity index (χ3n) is 1.89. The van der Waals surface area contributed by atoms with E-state index in [1.54, 1.807) is 6.07 Å². The van der Waals surface area contributed by atoms with Crippen LogP contribution < -0.4 is 0 Å². The summed E-state index contributed by atoms with van der Waals surface area (Å²) < 4.78 is 38.8. The van der Waals surface area contributed by atoms with Crippen molar-refractivity contribution in [1.82, 2.24) is 14.8 Å². The molecule has 0 radical (unpaired) electrons. The third kappa shape index (κ3) is 2.61. The molecule has 0 aliphatic carbocycles. The van der Waals surface area contributed by atoms with E-state index in [0.29, 0.717) is 4.47 Å². The van der Waals surface area contributed by atoms with E-state index in [9.17, 15) is 13.2 Å². The molecule has 0 saturated heterocycles. The van der Waals surface area contributed by atoms with Crippen LogP contribution in [0.1, 0.15) is 5.69 Å². The molecule has 8 heteroatoms. The maximum atomic E-state index is 12.4. The normalized spacial score (nSPS) is 11.8. The van der Waals surface area contributed by atoms with Crippen molar-refractivity contribution >= 4 is 27.5 Å². The topological polar surface area (TPSA) is 30.7 Å². The quantitative estimate of drug-likeness (QED) is 0.800. The number of aromatic nitrogens is 3. The minimum absolute atomic E-state index is 0.146. The number of pyridine rings is 1. The van der Waals surface area contributed by atoms with E-state index >= 15 is 0 Å². The molecule has 17 heavy (non-hydrogen) atoms. The maximum Gasteiger partial charge on any atom is 0.435 e. The Morgan fingerprint density at radius 1 is 1.29 bits per heavy atom. The molecule has 0 bridgehead atoms. The number of nitrogens with zero attached hydrogens (tertiary/aromatic N) is 3. The standard InChI is InChI=1S/C9H4BrClF3N3/c10-5-1-2-8(15-4-5)17-7(11)3-6(16-17)9(12,13)14/h1-4H. The zero-order valence-corrected chi connectivity index (χ0v) is 10.4. The minimum Gasteiger partial charge on any atom is -0.236 e. The zero-order valence-electron chi connectivity index (χ0n) is 8.04. The number of halogens is 5. The van der Waals surface area contributed by atoms with Gasteiger partial charge in [0.1, 0.15) is 5.15 Å². The first-order chi connectivity index (χ1) is 7.88. The van der Waals surface area contributed by atoms with Gasteiger partial charge < -0.3 is 0 Å². The van der Waals surface area contributed by atoms with Gasteiger partial charge in [-0.25, -0.2) is 9.67 Å². The molecule has 0 unspecified atom stereocenters. The molecule has 2 rings (SSSR count). The van der Waals surface area contributed by atoms with Crippen LogP contribution in [0, 0.1) is 0 Å². The molecular formula is C9H4BrClF3N3. The fourth-order valence-electron chi connectivity index (χ4n) is 1.15. The predicted octanol–water partition coefficient (Wildman–Crippen LogP) is 3.70. The SMILES string of the molecule is FC(F)(F)c1cc(Cl)n(-c2ccc(Br)cn2)n1. The van der Waals surface area contributed by atoms with Crippen LogP contribution in [0.4, 0.5) is 13.2 Å². The van der Waals surface area contributed by atoms with Crippen molar-refractivity contribution in [2.75, 3.05) is 0 Å². The van der Waals surface area contributed by atoms with Crippen LogP contribution >= 0.6 is 27.5 Å². The van der Waals surface area contributed by atoms with Crippen LogP contribution in [0.15, 0.2) is 28.9 Å². The Hall–Kier alpha value is -1.08. The molecule has 2 aromatic rings. The molecule has 0 saturated carbocycles. The van der Waals surface area contributed by atoms with Gasteiger partial charge in [-0.3, -0.25) is 0 Å². The van der Waals surface area contributed by atoms with Gasteiger partial charge in [0.25, 0.3) is 0 Å². The van der Waals surface area contributed by atoms with E-state index in [-0.39, 0.29) is 11.0 Å². The Kier molecular flexibility index (Phi) is 3.13. The molecule has 0 aromatic carbocycles. The van der Waals surface area contributed by atoms with Crippen LogP contribution in [0.5, 0.6) is 0 Å². The molecule has 3 nitrogen and oxygen atoms in total. The summed E-state index contributed by atoms with van der Waals surface area (Å²) in [6.07, 6.45) is -3.08. The van der Waals surface area contributed by atoms with Crippen molar-refractivity contribution < 1.29 is 13.2 Å². The lowest BCUT2D eigenvalue weighted by atomic mass is 10.4. The van der Waals surface area contributed by atoms with Crippen LogP contribution in [0.2, 0.25) is 5.15 Å². The fourth-order valence-corrected chi connectivity index (χ4v) is 1.61. The molecule has 0 spiro atoms. The second-order valence-corrected chi connectivity index (χ2v) is 4.40. The first-order valence-corrected chi connectivity index (χ1v) is 5.50. The number of hydrogen-bond donors (Lipinski definition) is 0. The largest absolute Gasteiger partial charge is 0.435 e. The molecular weight excluding hydrogens is 322 g/mol. The smallest absolute Gasteiger partial charge is 0.236 e. The summed E-state index contributed by atoms with van der Waals surface area (Å²) in [4.78, 5) is 3.91. The molecule has 2 aromatic heterocycles. The van der Waals surface area contributed by atoms with Crippen molar-refractivity contribution in [1.29, 1.82) is 0 Å². The Labute approximate surface area is 107 Å². The van der Waals surface area contributed by atoms with Crippen LogP contribution in [0.3, 0.4) is 0 Å². The molecule has 0 aliphatic rings. The van der Waals surface area contributed by atoms with E-state index in [2.05, 4.69) is 26.0 Å². The predicted molar refractivity (Wildman–Crippen MR) is 59.1 cm³/mol. The molecule has 0 fully saturated rings. The van der Waals surface area contributed by atoms with Crippen molar-refractivity contribution in [2.45, 2.75) is 6.18 Å². The zero-order chi connectivity index (χ0) is 12.6. The van der Waals surface area contributed by atoms with E-state index < -0.39 is 11.9 Å². The van der Waals surface area contributed by atoms with E-state index in [1.165, 1.54) is 12.3 Å². The molecule has 0 amide bonds. The molecule has 2 heterocycles. The number of hydrogen-bond acceptors (Lipinski definition) is 2. The fraction of sp³-hybridized carbons (Fsp3) is 0.111. The number of alkyl halides is 3. The van der Waals surface area contributed by atoms with Gasteiger partial charge in [0.15, 0.2) is 11.5 Å². The Morgan fingerprint density at radius 3 is 2.47 bits per heavy atom. The van der Waals surface area contributed by atoms with Gasteiger partial charge >= 0.3 is 6.18 Å². The average Bonchev–Trinajstić information content (AvgIpc) is 2.61. The summed E-state index contributed by atoms with van der Waals surface area (Å²) in [6.45, 7) is 0. The van der Waals surface area contributed by atoms with Gasteiger partial charge in [0.05, 0.1) is 0 Å². The number of rotatable bonds is 1. The molecule has 0 aliphatic heterocycles. The summed E-state index contributed by atoms with van der Waals surface area (Å²) in [5, 5.41) is 3.22. The van der Waals surface area contributed by atoms with E-state index in [4.69, 9.17) is 11.6 Å². The van der Waals surface area contributed by atoms with Gasteiger partial charge in [0.2, 0.25) is 0 Å². The first kappa shape index (κ1) is 12.4. The van der Waals surface area contributed by atoms with E-state index in [0.717, 1.165) is 10.7 Å². The monoisotopic (exact) mass is 325 g/mol. The highest BCUT2D eigenvalue weighted by Crippen LogP contribution is 2.30. The Balaban J connectivity index is 2.46. The molecule has 90 valence electrons. The lowest BCUT2D eigenvalue weighted by Crippen LogP contribution is -2.07. The van der Waals surface area contributed by atoms with Gasteiger partial charge in [-0.1, -0.05) is 11.6 Å². The first-order valence-electron chi connectivity index (χ1n) is 4.32. The second-order valence-electron chi connectivity index (χ2n) is 3.10. The van der Waals surface area contributed by atoms with Gasteiger partial charge in [-0.2, -0.15) is 18.3 Å². The van der Waals surface area contributed by atoms with Gasteiger partial charge in [-0.15, -0.1) is 0 Å². The van der Waals surface area contributed by atoms with Crippen LogP contribution in [-0.4, -0.2) is 14.8 Å². The Bertz CT molecular complexity index is 535. The summed E-state index contributed by atoms with van der Waals surface area (Å²) in [5.74, 6) is 0.216. The molecule has 0 N–H and O–H groups in total. The Morgan fingerprint density at radius 2 is 2.00 bits per heavy atom. The highest BCUT2D eigenvalue weighted by atomic mass is 79.9. The lowest BCUT2D eigenvalue weighted by molar-refractivity contribution is -0.141. The summed E-state index contributed by atoms with van der Waals surface area (Å²) in [5.41, 5.74) is -1.05. The highest BCUT2D eigenvalue weighted by molar-refractivity contribution is 9.10. The third-order valence-corrected chi connectivity index (χ3v) is 2.62. The van der Waals surface area contributed by atoms with Gasteiger partial charge in [-0.05, 0) is 28.1 Å². The summed E-state index contributed by atoms with van der Waals surface area (Å²) in [6, 6.07) is 3.89. The van der Waals surface area contributed by atoms with E-state index in [1.807, 2.05) is 0 Å². The lowest BCUT2D eigenvalue weighted by Gasteiger charge is -2.02. The highest BCUT2D eigenvalue weighted by Gasteiger charge is 2.35. The second kappa shape index (κ2) is 4.30. The van der Waals surface area contributed by atoms with Crippen LogP contribution in [0.25, 0.3) is 5.82 Å². The maximum absolute atomic E-state index is 12.4. The van der Waals surface area contributed by atoms with Crippen molar-refractivity contribution in [3.05, 3.63) is 39.7 Å². The van der Waals surface area contributed by atoms with Crippen molar-refractivity contribution in [3.63, 3.8) is 0 Å². The average molecular weight is 327 g/mol.